The Hall–Kier alpha value is -2.24. The first-order valence-electron chi connectivity index (χ1n) is 8.26. The third-order valence-corrected chi connectivity index (χ3v) is 4.60. The van der Waals surface area contributed by atoms with Crippen molar-refractivity contribution in [2.24, 2.45) is 0 Å². The lowest BCUT2D eigenvalue weighted by Crippen LogP contribution is -2.55. The van der Waals surface area contributed by atoms with Crippen LogP contribution in [-0.2, 0) is 16.0 Å². The van der Waals surface area contributed by atoms with E-state index in [1.165, 1.54) is 0 Å². The van der Waals surface area contributed by atoms with Gasteiger partial charge in [0.05, 0.1) is 14.2 Å². The standard InChI is InChI=1S/C18H25NO5/c1-23-14-8-6-7-13(16(14)24-2)9-10-15(20)19-18(17(21)22)11-4-3-5-12-18/h6-8H,3-5,9-12H2,1-2H3,(H,19,20)(H,21,22). The third-order valence-electron chi connectivity index (χ3n) is 4.60. The van der Waals surface area contributed by atoms with E-state index in [9.17, 15) is 14.7 Å². The lowest BCUT2D eigenvalue weighted by molar-refractivity contribution is -0.149. The van der Waals surface area contributed by atoms with Gasteiger partial charge in [0.15, 0.2) is 11.5 Å². The second kappa shape index (κ2) is 8.04. The summed E-state index contributed by atoms with van der Waals surface area (Å²) < 4.78 is 10.6. The summed E-state index contributed by atoms with van der Waals surface area (Å²) in [5, 5.41) is 12.3. The molecule has 0 heterocycles. The van der Waals surface area contributed by atoms with Gasteiger partial charge in [-0.2, -0.15) is 0 Å². The Labute approximate surface area is 142 Å². The predicted molar refractivity (Wildman–Crippen MR) is 89.5 cm³/mol. The molecule has 0 bridgehead atoms. The molecule has 1 saturated carbocycles. The monoisotopic (exact) mass is 335 g/mol. The lowest BCUT2D eigenvalue weighted by atomic mass is 9.81. The number of carboxylic acid groups (broad SMARTS) is 1. The van der Waals surface area contributed by atoms with Crippen molar-refractivity contribution in [3.8, 4) is 11.5 Å². The van der Waals surface area contributed by atoms with Gasteiger partial charge < -0.3 is 19.9 Å². The summed E-state index contributed by atoms with van der Waals surface area (Å²) in [5.41, 5.74) is -0.242. The summed E-state index contributed by atoms with van der Waals surface area (Å²) in [7, 11) is 3.12. The van der Waals surface area contributed by atoms with E-state index in [0.717, 1.165) is 24.8 Å². The van der Waals surface area contributed by atoms with Crippen LogP contribution in [0.1, 0.15) is 44.1 Å². The molecular weight excluding hydrogens is 310 g/mol. The van der Waals surface area contributed by atoms with Crippen LogP contribution in [0.25, 0.3) is 0 Å². The van der Waals surface area contributed by atoms with Gasteiger partial charge in [-0.3, -0.25) is 4.79 Å². The maximum atomic E-state index is 12.3. The first-order valence-corrected chi connectivity index (χ1v) is 8.26. The zero-order valence-corrected chi connectivity index (χ0v) is 14.3. The molecule has 0 unspecified atom stereocenters. The maximum absolute atomic E-state index is 12.3. The molecule has 0 aliphatic heterocycles. The molecule has 0 saturated heterocycles. The predicted octanol–water partition coefficient (Wildman–Crippen LogP) is 2.54. The van der Waals surface area contributed by atoms with E-state index in [-0.39, 0.29) is 12.3 Å². The van der Waals surface area contributed by atoms with Gasteiger partial charge in [0.2, 0.25) is 5.91 Å². The second-order valence-corrected chi connectivity index (χ2v) is 6.15. The van der Waals surface area contributed by atoms with Crippen LogP contribution >= 0.6 is 0 Å². The normalized spacial score (nSPS) is 16.2. The maximum Gasteiger partial charge on any atom is 0.329 e. The smallest absolute Gasteiger partial charge is 0.329 e. The number of hydrogen-bond acceptors (Lipinski definition) is 4. The molecular formula is C18H25NO5. The highest BCUT2D eigenvalue weighted by atomic mass is 16.5. The number of carbonyl (C=O) groups excluding carboxylic acids is 1. The molecule has 0 radical (unpaired) electrons. The highest BCUT2D eigenvalue weighted by Gasteiger charge is 2.40. The van der Waals surface area contributed by atoms with Gasteiger partial charge in [0.25, 0.3) is 0 Å². The Morgan fingerprint density at radius 1 is 1.17 bits per heavy atom. The number of aryl methyl sites for hydroxylation is 1. The van der Waals surface area contributed by atoms with Crippen LogP contribution in [0.5, 0.6) is 11.5 Å². The fourth-order valence-electron chi connectivity index (χ4n) is 3.28. The number of rotatable bonds is 7. The molecule has 0 aromatic heterocycles. The molecule has 24 heavy (non-hydrogen) atoms. The number of aliphatic carboxylic acids is 1. The van der Waals surface area contributed by atoms with Gasteiger partial charge in [0, 0.05) is 6.42 Å². The lowest BCUT2D eigenvalue weighted by Gasteiger charge is -2.34. The molecule has 6 heteroatoms. The summed E-state index contributed by atoms with van der Waals surface area (Å²) in [6, 6.07) is 5.51. The molecule has 1 amide bonds. The van der Waals surface area contributed by atoms with Crippen molar-refractivity contribution in [3.63, 3.8) is 0 Å². The highest BCUT2D eigenvalue weighted by molar-refractivity contribution is 5.87. The molecule has 132 valence electrons. The van der Waals surface area contributed by atoms with E-state index in [4.69, 9.17) is 9.47 Å². The van der Waals surface area contributed by atoms with E-state index in [1.54, 1.807) is 20.3 Å². The Balaban J connectivity index is 2.02. The first-order chi connectivity index (χ1) is 11.5. The Morgan fingerprint density at radius 2 is 1.88 bits per heavy atom. The number of nitrogens with one attached hydrogen (secondary N) is 1. The Morgan fingerprint density at radius 3 is 2.46 bits per heavy atom. The van der Waals surface area contributed by atoms with E-state index in [2.05, 4.69) is 5.32 Å². The van der Waals surface area contributed by atoms with Crippen LogP contribution < -0.4 is 14.8 Å². The Kier molecular flexibility index (Phi) is 6.06. The molecule has 0 spiro atoms. The number of hydrogen-bond donors (Lipinski definition) is 2. The van der Waals surface area contributed by atoms with Crippen LogP contribution in [0.3, 0.4) is 0 Å². The summed E-state index contributed by atoms with van der Waals surface area (Å²) in [6.07, 6.45) is 4.34. The van der Waals surface area contributed by atoms with Gasteiger partial charge in [-0.25, -0.2) is 4.79 Å². The number of carbonyl (C=O) groups is 2. The van der Waals surface area contributed by atoms with Gasteiger partial charge in [-0.15, -0.1) is 0 Å². The molecule has 2 N–H and O–H groups in total. The molecule has 1 aromatic rings. The summed E-state index contributed by atoms with van der Waals surface area (Å²) in [5.74, 6) is 0.0433. The quantitative estimate of drug-likeness (QED) is 0.800. The first kappa shape index (κ1) is 18.1. The van der Waals surface area contributed by atoms with Crippen LogP contribution in [0, 0.1) is 0 Å². The zero-order valence-electron chi connectivity index (χ0n) is 14.3. The van der Waals surface area contributed by atoms with Crippen LogP contribution in [0.15, 0.2) is 18.2 Å². The number of amides is 1. The number of ether oxygens (including phenoxy) is 2. The van der Waals surface area contributed by atoms with E-state index in [0.29, 0.717) is 30.8 Å². The van der Waals surface area contributed by atoms with Crippen molar-refractivity contribution < 1.29 is 24.2 Å². The van der Waals surface area contributed by atoms with E-state index >= 15 is 0 Å². The van der Waals surface area contributed by atoms with Crippen molar-refractivity contribution >= 4 is 11.9 Å². The minimum absolute atomic E-state index is 0.207. The average molecular weight is 335 g/mol. The summed E-state index contributed by atoms with van der Waals surface area (Å²) in [6.45, 7) is 0. The molecule has 1 fully saturated rings. The topological polar surface area (TPSA) is 84.9 Å². The third kappa shape index (κ3) is 3.99. The van der Waals surface area contributed by atoms with E-state index < -0.39 is 11.5 Å². The highest BCUT2D eigenvalue weighted by Crippen LogP contribution is 2.32. The molecule has 0 atom stereocenters. The summed E-state index contributed by atoms with van der Waals surface area (Å²) >= 11 is 0. The molecule has 1 aliphatic carbocycles. The van der Waals surface area contributed by atoms with Crippen molar-refractivity contribution in [2.45, 2.75) is 50.5 Å². The van der Waals surface area contributed by atoms with Crippen molar-refractivity contribution in [1.82, 2.24) is 5.32 Å². The fourth-order valence-corrected chi connectivity index (χ4v) is 3.28. The Bertz CT molecular complexity index is 593. The number of methoxy groups -OCH3 is 2. The van der Waals surface area contributed by atoms with Gasteiger partial charge in [-0.1, -0.05) is 31.4 Å². The molecule has 1 aromatic carbocycles. The van der Waals surface area contributed by atoms with E-state index in [1.807, 2.05) is 12.1 Å². The van der Waals surface area contributed by atoms with Crippen molar-refractivity contribution in [2.75, 3.05) is 14.2 Å². The largest absolute Gasteiger partial charge is 0.493 e. The van der Waals surface area contributed by atoms with Gasteiger partial charge in [-0.05, 0) is 30.9 Å². The second-order valence-electron chi connectivity index (χ2n) is 6.15. The zero-order chi connectivity index (χ0) is 17.6. The van der Waals surface area contributed by atoms with Crippen LogP contribution in [-0.4, -0.2) is 36.7 Å². The van der Waals surface area contributed by atoms with Gasteiger partial charge in [0.1, 0.15) is 5.54 Å². The number of carboxylic acids is 1. The van der Waals surface area contributed by atoms with Crippen molar-refractivity contribution in [1.29, 1.82) is 0 Å². The average Bonchev–Trinajstić information content (AvgIpc) is 2.60. The number of benzene rings is 1. The minimum Gasteiger partial charge on any atom is -0.493 e. The van der Waals surface area contributed by atoms with Crippen molar-refractivity contribution in [3.05, 3.63) is 23.8 Å². The molecule has 1 aliphatic rings. The van der Waals surface area contributed by atoms with Crippen LogP contribution in [0.4, 0.5) is 0 Å². The SMILES string of the molecule is COc1cccc(CCC(=O)NC2(C(=O)O)CCCCC2)c1OC. The minimum atomic E-state index is -1.10. The molecule has 6 nitrogen and oxygen atoms in total. The van der Waals surface area contributed by atoms with Crippen LogP contribution in [0.2, 0.25) is 0 Å². The molecule has 2 rings (SSSR count). The number of para-hydroxylation sites is 1. The fraction of sp³-hybridized carbons (Fsp3) is 0.556. The van der Waals surface area contributed by atoms with Gasteiger partial charge >= 0.3 is 5.97 Å². The summed E-state index contributed by atoms with van der Waals surface area (Å²) in [4.78, 5) is 23.9.